The molecule has 190 valence electrons. The minimum atomic E-state index is -0.380. The van der Waals surface area contributed by atoms with Crippen molar-refractivity contribution in [3.05, 3.63) is 23.8 Å². The van der Waals surface area contributed by atoms with E-state index in [1.54, 1.807) is 4.90 Å². The summed E-state index contributed by atoms with van der Waals surface area (Å²) in [6.45, 7) is 5.07. The van der Waals surface area contributed by atoms with Gasteiger partial charge < -0.3 is 19.3 Å². The van der Waals surface area contributed by atoms with Crippen LogP contribution in [-0.4, -0.2) is 65.9 Å². The predicted molar refractivity (Wildman–Crippen MR) is 131 cm³/mol. The number of ether oxygens (including phenoxy) is 2. The molecular formula is C26H36N4O5. The monoisotopic (exact) mass is 484 g/mol. The van der Waals surface area contributed by atoms with Gasteiger partial charge >= 0.3 is 5.97 Å². The van der Waals surface area contributed by atoms with Crippen LogP contribution in [0.2, 0.25) is 0 Å². The Labute approximate surface area is 206 Å². The molecule has 2 aliphatic heterocycles. The second-order valence-electron chi connectivity index (χ2n) is 9.87. The number of hydrogen-bond acceptors (Lipinski definition) is 7. The van der Waals surface area contributed by atoms with Crippen LogP contribution < -0.4 is 10.1 Å². The zero-order valence-corrected chi connectivity index (χ0v) is 20.9. The Morgan fingerprint density at radius 1 is 1.23 bits per heavy atom. The lowest BCUT2D eigenvalue weighted by Crippen LogP contribution is -2.44. The van der Waals surface area contributed by atoms with Crippen molar-refractivity contribution in [2.24, 2.45) is 10.9 Å². The SMILES string of the molecule is COC(=O)CN(C(=O)CCCOc1ccc2c(c1)CN1C(=N2)NC(=O)C1C(C)C)C1CCCCC1. The number of carbonyl (C=O) groups excluding carboxylic acids is 3. The normalized spacial score (nSPS) is 19.5. The van der Waals surface area contributed by atoms with E-state index in [2.05, 4.69) is 10.3 Å². The summed E-state index contributed by atoms with van der Waals surface area (Å²) in [6.07, 6.45) is 6.11. The summed E-state index contributed by atoms with van der Waals surface area (Å²) in [7, 11) is 1.35. The van der Waals surface area contributed by atoms with Crippen LogP contribution in [0.5, 0.6) is 5.75 Å². The molecule has 2 amide bonds. The summed E-state index contributed by atoms with van der Waals surface area (Å²) in [4.78, 5) is 45.5. The van der Waals surface area contributed by atoms with Gasteiger partial charge in [-0.05, 0) is 43.4 Å². The fourth-order valence-corrected chi connectivity index (χ4v) is 5.22. The number of amides is 2. The fraction of sp³-hybridized carbons (Fsp3) is 0.615. The lowest BCUT2D eigenvalue weighted by atomic mass is 9.94. The van der Waals surface area contributed by atoms with Crippen molar-refractivity contribution in [1.29, 1.82) is 0 Å². The fourth-order valence-electron chi connectivity index (χ4n) is 5.22. The summed E-state index contributed by atoms with van der Waals surface area (Å²) in [5.74, 6) is 1.09. The molecule has 0 radical (unpaired) electrons. The zero-order valence-electron chi connectivity index (χ0n) is 20.9. The number of nitrogens with zero attached hydrogens (tertiary/aromatic N) is 3. The molecule has 1 atom stereocenters. The van der Waals surface area contributed by atoms with Gasteiger partial charge in [-0.15, -0.1) is 0 Å². The van der Waals surface area contributed by atoms with Crippen molar-refractivity contribution < 1.29 is 23.9 Å². The molecular weight excluding hydrogens is 448 g/mol. The van der Waals surface area contributed by atoms with Crippen molar-refractivity contribution in [3.63, 3.8) is 0 Å². The Balaban J connectivity index is 1.31. The minimum absolute atomic E-state index is 0.0119. The highest BCUT2D eigenvalue weighted by Crippen LogP contribution is 2.33. The van der Waals surface area contributed by atoms with Gasteiger partial charge in [-0.1, -0.05) is 33.1 Å². The zero-order chi connectivity index (χ0) is 24.9. The largest absolute Gasteiger partial charge is 0.494 e. The first-order chi connectivity index (χ1) is 16.9. The van der Waals surface area contributed by atoms with E-state index in [0.717, 1.165) is 36.9 Å². The van der Waals surface area contributed by atoms with E-state index >= 15 is 0 Å². The first kappa shape index (κ1) is 25.0. The van der Waals surface area contributed by atoms with Gasteiger partial charge in [0.25, 0.3) is 0 Å². The molecule has 1 saturated heterocycles. The van der Waals surface area contributed by atoms with E-state index in [-0.39, 0.29) is 42.3 Å². The van der Waals surface area contributed by atoms with E-state index in [1.165, 1.54) is 13.5 Å². The number of carbonyl (C=O) groups is 3. The van der Waals surface area contributed by atoms with Gasteiger partial charge in [0.2, 0.25) is 17.8 Å². The lowest BCUT2D eigenvalue weighted by molar-refractivity contribution is -0.149. The van der Waals surface area contributed by atoms with Crippen LogP contribution in [0.1, 0.15) is 64.4 Å². The maximum atomic E-state index is 12.9. The molecule has 1 aliphatic carbocycles. The summed E-state index contributed by atoms with van der Waals surface area (Å²) in [5.41, 5.74) is 1.83. The molecule has 2 heterocycles. The molecule has 35 heavy (non-hydrogen) atoms. The third-order valence-electron chi connectivity index (χ3n) is 7.03. The number of nitrogens with one attached hydrogen (secondary N) is 1. The molecule has 0 aromatic heterocycles. The third kappa shape index (κ3) is 5.77. The van der Waals surface area contributed by atoms with Gasteiger partial charge in [-0.2, -0.15) is 0 Å². The predicted octanol–water partition coefficient (Wildman–Crippen LogP) is 3.14. The molecule has 3 aliphatic rings. The van der Waals surface area contributed by atoms with Crippen LogP contribution in [0.4, 0.5) is 5.69 Å². The van der Waals surface area contributed by atoms with Crippen molar-refractivity contribution in [2.45, 2.75) is 77.4 Å². The number of aliphatic imine (C=N–C) groups is 1. The standard InChI is InChI=1S/C26H36N4O5/c1-17(2)24-25(33)28-26-27-21-12-11-20(14-18(21)15-30(24)26)35-13-7-10-22(31)29(16-23(32)34-3)19-8-5-4-6-9-19/h11-12,14,17,19,24H,4-10,13,15-16H2,1-3H3,(H,27,28,33). The van der Waals surface area contributed by atoms with Crippen LogP contribution in [0, 0.1) is 5.92 Å². The van der Waals surface area contributed by atoms with Gasteiger partial charge in [-0.25, -0.2) is 4.99 Å². The van der Waals surface area contributed by atoms with Gasteiger partial charge in [0.1, 0.15) is 18.3 Å². The molecule has 1 aromatic carbocycles. The van der Waals surface area contributed by atoms with Crippen LogP contribution in [-0.2, 0) is 25.7 Å². The van der Waals surface area contributed by atoms with Crippen molar-refractivity contribution in [1.82, 2.24) is 15.1 Å². The van der Waals surface area contributed by atoms with E-state index < -0.39 is 0 Å². The Morgan fingerprint density at radius 3 is 2.71 bits per heavy atom. The highest BCUT2D eigenvalue weighted by atomic mass is 16.5. The molecule has 9 nitrogen and oxygen atoms in total. The van der Waals surface area contributed by atoms with Crippen molar-refractivity contribution >= 4 is 29.4 Å². The maximum Gasteiger partial charge on any atom is 0.325 e. The molecule has 1 unspecified atom stereocenters. The summed E-state index contributed by atoms with van der Waals surface area (Å²) >= 11 is 0. The van der Waals surface area contributed by atoms with E-state index in [9.17, 15) is 14.4 Å². The third-order valence-corrected chi connectivity index (χ3v) is 7.03. The van der Waals surface area contributed by atoms with Gasteiger partial charge in [0.05, 0.1) is 19.4 Å². The van der Waals surface area contributed by atoms with Crippen LogP contribution >= 0.6 is 0 Å². The first-order valence-electron chi connectivity index (χ1n) is 12.7. The van der Waals surface area contributed by atoms with Crippen molar-refractivity contribution in [2.75, 3.05) is 20.3 Å². The Kier molecular flexibility index (Phi) is 7.93. The molecule has 0 bridgehead atoms. The van der Waals surface area contributed by atoms with Crippen LogP contribution in [0.25, 0.3) is 0 Å². The average molecular weight is 485 g/mol. The van der Waals surface area contributed by atoms with E-state index in [4.69, 9.17) is 9.47 Å². The van der Waals surface area contributed by atoms with Crippen LogP contribution in [0.3, 0.4) is 0 Å². The molecule has 4 rings (SSSR count). The number of benzene rings is 1. The Hall–Kier alpha value is -3.10. The molecule has 1 N–H and O–H groups in total. The Bertz CT molecular complexity index is 986. The topological polar surface area (TPSA) is 101 Å². The van der Waals surface area contributed by atoms with Crippen LogP contribution in [0.15, 0.2) is 23.2 Å². The highest BCUT2D eigenvalue weighted by Gasteiger charge is 2.40. The molecule has 2 fully saturated rings. The second kappa shape index (κ2) is 11.1. The second-order valence-corrected chi connectivity index (χ2v) is 9.87. The molecule has 1 aromatic rings. The number of esters is 1. The quantitative estimate of drug-likeness (QED) is 0.427. The van der Waals surface area contributed by atoms with Gasteiger partial charge in [0, 0.05) is 24.6 Å². The number of methoxy groups -OCH3 is 1. The lowest BCUT2D eigenvalue weighted by Gasteiger charge is -2.33. The summed E-state index contributed by atoms with van der Waals surface area (Å²) in [6, 6.07) is 5.61. The summed E-state index contributed by atoms with van der Waals surface area (Å²) in [5, 5.41) is 2.88. The van der Waals surface area contributed by atoms with E-state index in [1.807, 2.05) is 36.9 Å². The number of rotatable bonds is 9. The highest BCUT2D eigenvalue weighted by molar-refractivity contribution is 6.07. The number of fused-ring (bicyclic) bond motifs is 2. The first-order valence-corrected chi connectivity index (χ1v) is 12.7. The molecule has 1 saturated carbocycles. The summed E-state index contributed by atoms with van der Waals surface area (Å²) < 4.78 is 10.8. The molecule has 0 spiro atoms. The Morgan fingerprint density at radius 2 is 2.00 bits per heavy atom. The number of hydrogen-bond donors (Lipinski definition) is 1. The average Bonchev–Trinajstić information content (AvgIpc) is 3.18. The minimum Gasteiger partial charge on any atom is -0.494 e. The smallest absolute Gasteiger partial charge is 0.325 e. The van der Waals surface area contributed by atoms with Gasteiger partial charge in [0.15, 0.2) is 0 Å². The molecule has 9 heteroatoms. The van der Waals surface area contributed by atoms with E-state index in [0.29, 0.717) is 37.7 Å². The van der Waals surface area contributed by atoms with Crippen molar-refractivity contribution in [3.8, 4) is 5.75 Å². The maximum absolute atomic E-state index is 12.9. The van der Waals surface area contributed by atoms with Gasteiger partial charge in [-0.3, -0.25) is 19.7 Å². The number of guanidine groups is 1.